The molecular weight excluding hydrogens is 356 g/mol. The summed E-state index contributed by atoms with van der Waals surface area (Å²) in [5, 5.41) is 28.9. The molecule has 0 unspecified atom stereocenters. The van der Waals surface area contributed by atoms with Gasteiger partial charge in [-0.15, -0.1) is 0 Å². The fourth-order valence-electron chi connectivity index (χ4n) is 2.01. The highest BCUT2D eigenvalue weighted by Gasteiger charge is 2.31. The summed E-state index contributed by atoms with van der Waals surface area (Å²) in [6, 6.07) is 3.78. The van der Waals surface area contributed by atoms with Crippen molar-refractivity contribution < 1.29 is 24.7 Å². The van der Waals surface area contributed by atoms with Crippen molar-refractivity contribution in [3.8, 4) is 5.75 Å². The standard InChI is InChI=1S/C14H12N2O6S2/c17-10-4-3-8(6-9(10)16(21)22)7-11-13(20)15(14(23)24-11)5-1-2-12(18)19/h3-4,6-7,17H,1-2,5H2,(H,18,19)/b11-7-. The monoisotopic (exact) mass is 368 g/mol. The van der Waals surface area contributed by atoms with Crippen LogP contribution in [-0.2, 0) is 9.59 Å². The van der Waals surface area contributed by atoms with Crippen LogP contribution in [-0.4, -0.2) is 42.8 Å². The van der Waals surface area contributed by atoms with Crippen molar-refractivity contribution in [3.05, 3.63) is 38.8 Å². The summed E-state index contributed by atoms with van der Waals surface area (Å²) in [5.41, 5.74) is -0.0776. The fourth-order valence-corrected chi connectivity index (χ4v) is 3.32. The van der Waals surface area contributed by atoms with Crippen molar-refractivity contribution >= 4 is 51.9 Å². The molecule has 2 rings (SSSR count). The first-order valence-electron chi connectivity index (χ1n) is 6.74. The SMILES string of the molecule is O=C(O)CCCN1C(=O)/C(=C/c2ccc(O)c([N+](=O)[O-])c2)SC1=S. The number of amides is 1. The van der Waals surface area contributed by atoms with E-state index in [1.165, 1.54) is 23.1 Å². The highest BCUT2D eigenvalue weighted by Crippen LogP contribution is 2.34. The Morgan fingerprint density at radius 2 is 2.17 bits per heavy atom. The number of aromatic hydroxyl groups is 1. The molecular formula is C14H12N2O6S2. The molecule has 1 fully saturated rings. The molecule has 0 bridgehead atoms. The number of phenols is 1. The number of phenolic OH excluding ortho intramolecular Hbond substituents is 1. The van der Waals surface area contributed by atoms with Gasteiger partial charge in [0.2, 0.25) is 0 Å². The van der Waals surface area contributed by atoms with Crippen LogP contribution in [0.3, 0.4) is 0 Å². The molecule has 0 aliphatic carbocycles. The molecule has 8 nitrogen and oxygen atoms in total. The zero-order chi connectivity index (χ0) is 17.9. The van der Waals surface area contributed by atoms with Crippen LogP contribution in [0.25, 0.3) is 6.08 Å². The molecule has 0 radical (unpaired) electrons. The Morgan fingerprint density at radius 3 is 2.79 bits per heavy atom. The molecule has 1 amide bonds. The predicted octanol–water partition coefficient (Wildman–Crippen LogP) is 2.37. The lowest BCUT2D eigenvalue weighted by molar-refractivity contribution is -0.385. The number of carbonyl (C=O) groups is 2. The van der Waals surface area contributed by atoms with E-state index in [0.29, 0.717) is 9.88 Å². The Kier molecular flexibility index (Phi) is 5.52. The highest BCUT2D eigenvalue weighted by molar-refractivity contribution is 8.26. The summed E-state index contributed by atoms with van der Waals surface area (Å²) < 4.78 is 0.310. The van der Waals surface area contributed by atoms with Gasteiger partial charge in [-0.2, -0.15) is 0 Å². The smallest absolute Gasteiger partial charge is 0.311 e. The Labute approximate surface area is 145 Å². The second kappa shape index (κ2) is 7.41. The van der Waals surface area contributed by atoms with Crippen LogP contribution in [0.4, 0.5) is 5.69 Å². The van der Waals surface area contributed by atoms with Gasteiger partial charge in [0.25, 0.3) is 5.91 Å². The summed E-state index contributed by atoms with van der Waals surface area (Å²) in [7, 11) is 0. The molecule has 1 aliphatic heterocycles. The Morgan fingerprint density at radius 1 is 1.46 bits per heavy atom. The number of carboxylic acids is 1. The molecule has 1 heterocycles. The summed E-state index contributed by atoms with van der Waals surface area (Å²) in [5.74, 6) is -1.78. The van der Waals surface area contributed by atoms with Gasteiger partial charge in [0.1, 0.15) is 4.32 Å². The van der Waals surface area contributed by atoms with Gasteiger partial charge in [-0.1, -0.05) is 30.0 Å². The number of hydrogen-bond acceptors (Lipinski definition) is 7. The minimum Gasteiger partial charge on any atom is -0.502 e. The van der Waals surface area contributed by atoms with E-state index in [1.807, 2.05) is 0 Å². The number of aliphatic carboxylic acids is 1. The van der Waals surface area contributed by atoms with Crippen molar-refractivity contribution in [2.75, 3.05) is 6.54 Å². The first kappa shape index (κ1) is 17.9. The van der Waals surface area contributed by atoms with Crippen molar-refractivity contribution in [2.45, 2.75) is 12.8 Å². The molecule has 0 saturated carbocycles. The Balaban J connectivity index is 2.18. The van der Waals surface area contributed by atoms with E-state index in [9.17, 15) is 24.8 Å². The number of benzene rings is 1. The van der Waals surface area contributed by atoms with Crippen molar-refractivity contribution in [2.24, 2.45) is 0 Å². The Hall–Kier alpha value is -2.46. The van der Waals surface area contributed by atoms with Crippen LogP contribution in [0.1, 0.15) is 18.4 Å². The van der Waals surface area contributed by atoms with Gasteiger partial charge in [-0.25, -0.2) is 0 Å². The van der Waals surface area contributed by atoms with Crippen LogP contribution in [0, 0.1) is 10.1 Å². The van der Waals surface area contributed by atoms with E-state index in [-0.39, 0.29) is 30.2 Å². The third-order valence-electron chi connectivity index (χ3n) is 3.14. The second-order valence-electron chi connectivity index (χ2n) is 4.84. The van der Waals surface area contributed by atoms with Gasteiger partial charge in [0.15, 0.2) is 5.75 Å². The van der Waals surface area contributed by atoms with Crippen LogP contribution in [0.2, 0.25) is 0 Å². The van der Waals surface area contributed by atoms with Crippen LogP contribution >= 0.6 is 24.0 Å². The molecule has 0 aromatic heterocycles. The number of thioether (sulfide) groups is 1. The molecule has 1 aliphatic rings. The topological polar surface area (TPSA) is 121 Å². The average Bonchev–Trinajstić information content (AvgIpc) is 2.76. The Bertz CT molecular complexity index is 762. The normalized spacial score (nSPS) is 16.0. The summed E-state index contributed by atoms with van der Waals surface area (Å²) in [6.45, 7) is 0.198. The largest absolute Gasteiger partial charge is 0.502 e. The third kappa shape index (κ3) is 4.09. The third-order valence-corrected chi connectivity index (χ3v) is 4.52. The molecule has 1 aromatic rings. The zero-order valence-corrected chi connectivity index (χ0v) is 13.8. The van der Waals surface area contributed by atoms with Gasteiger partial charge in [-0.05, 0) is 24.1 Å². The molecule has 2 N–H and O–H groups in total. The lowest BCUT2D eigenvalue weighted by atomic mass is 10.1. The minimum atomic E-state index is -0.951. The molecule has 1 aromatic carbocycles. The number of nitro benzene ring substituents is 1. The van der Waals surface area contributed by atoms with Crippen LogP contribution < -0.4 is 0 Å². The van der Waals surface area contributed by atoms with Gasteiger partial charge >= 0.3 is 11.7 Å². The van der Waals surface area contributed by atoms with Crippen molar-refractivity contribution in [3.63, 3.8) is 0 Å². The van der Waals surface area contributed by atoms with Gasteiger partial charge in [0, 0.05) is 19.0 Å². The van der Waals surface area contributed by atoms with Crippen LogP contribution in [0.5, 0.6) is 5.75 Å². The fraction of sp³-hybridized carbons (Fsp3) is 0.214. The summed E-state index contributed by atoms with van der Waals surface area (Å²) >= 11 is 6.15. The molecule has 24 heavy (non-hydrogen) atoms. The first-order chi connectivity index (χ1) is 11.3. The van der Waals surface area contributed by atoms with Crippen LogP contribution in [0.15, 0.2) is 23.1 Å². The number of carbonyl (C=O) groups excluding carboxylic acids is 1. The van der Waals surface area contributed by atoms with E-state index in [1.54, 1.807) is 0 Å². The number of hydrogen-bond donors (Lipinski definition) is 2. The quantitative estimate of drug-likeness (QED) is 0.340. The maximum atomic E-state index is 12.3. The number of thiocarbonyl (C=S) groups is 1. The first-order valence-corrected chi connectivity index (χ1v) is 7.96. The van der Waals surface area contributed by atoms with Gasteiger partial charge in [0.05, 0.1) is 9.83 Å². The molecule has 0 atom stereocenters. The van der Waals surface area contributed by atoms with Crippen molar-refractivity contribution in [1.29, 1.82) is 0 Å². The number of carboxylic acid groups (broad SMARTS) is 1. The van der Waals surface area contributed by atoms with E-state index in [2.05, 4.69) is 0 Å². The number of nitrogens with zero attached hydrogens (tertiary/aromatic N) is 2. The predicted molar refractivity (Wildman–Crippen MR) is 91.5 cm³/mol. The average molecular weight is 368 g/mol. The highest BCUT2D eigenvalue weighted by atomic mass is 32.2. The minimum absolute atomic E-state index is 0.0692. The van der Waals surface area contributed by atoms with E-state index in [4.69, 9.17) is 17.3 Å². The maximum absolute atomic E-state index is 12.3. The lowest BCUT2D eigenvalue weighted by Crippen LogP contribution is -2.29. The molecule has 10 heteroatoms. The van der Waals surface area contributed by atoms with E-state index in [0.717, 1.165) is 17.8 Å². The van der Waals surface area contributed by atoms with Crippen molar-refractivity contribution in [1.82, 2.24) is 4.90 Å². The molecule has 126 valence electrons. The number of nitro groups is 1. The second-order valence-corrected chi connectivity index (χ2v) is 6.51. The maximum Gasteiger partial charge on any atom is 0.311 e. The van der Waals surface area contributed by atoms with E-state index >= 15 is 0 Å². The summed E-state index contributed by atoms with van der Waals surface area (Å²) in [6.07, 6.45) is 1.66. The molecule has 1 saturated heterocycles. The lowest BCUT2D eigenvalue weighted by Gasteiger charge is -2.13. The molecule has 0 spiro atoms. The van der Waals surface area contributed by atoms with Gasteiger partial charge < -0.3 is 10.2 Å². The van der Waals surface area contributed by atoms with E-state index < -0.39 is 22.3 Å². The zero-order valence-electron chi connectivity index (χ0n) is 12.2. The summed E-state index contributed by atoms with van der Waals surface area (Å²) in [4.78, 5) is 34.5. The van der Waals surface area contributed by atoms with Gasteiger partial charge in [-0.3, -0.25) is 24.6 Å². The number of rotatable bonds is 6.